The maximum atomic E-state index is 12.0. The summed E-state index contributed by atoms with van der Waals surface area (Å²) in [6.07, 6.45) is 1.96. The molecule has 0 bridgehead atoms. The van der Waals surface area contributed by atoms with E-state index >= 15 is 0 Å². The fraction of sp³-hybridized carbons (Fsp3) is 0.333. The van der Waals surface area contributed by atoms with Crippen LogP contribution in [0.25, 0.3) is 11.1 Å². The Bertz CT molecular complexity index is 1260. The van der Waals surface area contributed by atoms with Crippen molar-refractivity contribution in [3.05, 3.63) is 82.9 Å². The van der Waals surface area contributed by atoms with Gasteiger partial charge in [-0.3, -0.25) is 0 Å². The van der Waals surface area contributed by atoms with Crippen molar-refractivity contribution in [2.24, 2.45) is 5.73 Å². The van der Waals surface area contributed by atoms with Gasteiger partial charge >= 0.3 is 0 Å². The summed E-state index contributed by atoms with van der Waals surface area (Å²) in [6, 6.07) is 21.1. The van der Waals surface area contributed by atoms with Gasteiger partial charge in [0.25, 0.3) is 0 Å². The Hall–Kier alpha value is -2.67. The molecule has 3 N–H and O–H groups in total. The van der Waals surface area contributed by atoms with Crippen LogP contribution in [-0.4, -0.2) is 25.5 Å². The Balaban J connectivity index is 1.65. The predicted molar refractivity (Wildman–Crippen MR) is 137 cm³/mol. The van der Waals surface area contributed by atoms with Gasteiger partial charge in [0.05, 0.1) is 6.26 Å². The van der Waals surface area contributed by atoms with E-state index in [1.165, 1.54) is 21.7 Å². The van der Waals surface area contributed by atoms with E-state index in [2.05, 4.69) is 74.6 Å². The zero-order valence-corrected chi connectivity index (χ0v) is 20.7. The Morgan fingerprint density at radius 2 is 1.76 bits per heavy atom. The minimum absolute atomic E-state index is 0.109. The summed E-state index contributed by atoms with van der Waals surface area (Å²) in [5.74, 6) is 0. The van der Waals surface area contributed by atoms with Crippen LogP contribution < -0.4 is 11.1 Å². The summed E-state index contributed by atoms with van der Waals surface area (Å²) in [6.45, 7) is 8.04. The number of nitrogens with two attached hydrogens (primary N) is 1. The van der Waals surface area contributed by atoms with Gasteiger partial charge < -0.3 is 11.1 Å². The van der Waals surface area contributed by atoms with Gasteiger partial charge in [-0.05, 0) is 63.4 Å². The second-order valence-electron chi connectivity index (χ2n) is 9.82. The van der Waals surface area contributed by atoms with Crippen LogP contribution in [0.2, 0.25) is 0 Å². The molecule has 0 fully saturated rings. The highest BCUT2D eigenvalue weighted by atomic mass is 32.2. The molecule has 174 valence electrons. The summed E-state index contributed by atoms with van der Waals surface area (Å²) >= 11 is 0. The van der Waals surface area contributed by atoms with Crippen LogP contribution in [0.1, 0.15) is 43.0 Å². The molecule has 4 rings (SSSR count). The summed E-state index contributed by atoms with van der Waals surface area (Å²) in [4.78, 5) is 0. The molecule has 0 aliphatic carbocycles. The first kappa shape index (κ1) is 23.5. The van der Waals surface area contributed by atoms with Gasteiger partial charge in [0.15, 0.2) is 0 Å². The molecule has 0 atom stereocenters. The molecule has 0 aromatic heterocycles. The standard InChI is InChI=1S/C27H33N3O2S/c1-27(2,3)22-11-8-19(9-12-22)25-16-23(13-10-20(25)17-28)29-26-7-5-6-21-18-30(33(4,31)32)15-14-24(21)26/h5-13,16,29H,14-15,17-18,28H2,1-4H3. The second-order valence-corrected chi connectivity index (χ2v) is 11.8. The molecular formula is C27H33N3O2S. The minimum atomic E-state index is -3.20. The lowest BCUT2D eigenvalue weighted by Gasteiger charge is -2.28. The Morgan fingerprint density at radius 1 is 1.03 bits per heavy atom. The SMILES string of the molecule is CC(C)(C)c1ccc(-c2cc(Nc3cccc4c3CCN(S(C)(=O)=O)C4)ccc2CN)cc1. The number of fused-ring (bicyclic) bond motifs is 1. The highest BCUT2D eigenvalue weighted by Gasteiger charge is 2.24. The van der Waals surface area contributed by atoms with Crippen LogP contribution in [-0.2, 0) is 34.9 Å². The van der Waals surface area contributed by atoms with Crippen LogP contribution in [0, 0.1) is 0 Å². The summed E-state index contributed by atoms with van der Waals surface area (Å²) in [5, 5.41) is 3.57. The third-order valence-electron chi connectivity index (χ3n) is 6.37. The van der Waals surface area contributed by atoms with Gasteiger partial charge in [-0.1, -0.05) is 63.2 Å². The van der Waals surface area contributed by atoms with E-state index in [1.54, 1.807) is 0 Å². The molecule has 5 nitrogen and oxygen atoms in total. The number of benzene rings is 3. The van der Waals surface area contributed by atoms with Crippen LogP contribution in [0.4, 0.5) is 11.4 Å². The first-order valence-electron chi connectivity index (χ1n) is 11.3. The smallest absolute Gasteiger partial charge is 0.211 e. The molecule has 33 heavy (non-hydrogen) atoms. The van der Waals surface area contributed by atoms with Crippen molar-refractivity contribution < 1.29 is 8.42 Å². The molecule has 0 radical (unpaired) electrons. The number of nitrogens with zero attached hydrogens (tertiary/aromatic N) is 1. The average molecular weight is 464 g/mol. The van der Waals surface area contributed by atoms with Gasteiger partial charge in [0, 0.05) is 31.0 Å². The van der Waals surface area contributed by atoms with Crippen molar-refractivity contribution in [2.75, 3.05) is 18.1 Å². The third-order valence-corrected chi connectivity index (χ3v) is 7.62. The fourth-order valence-electron chi connectivity index (χ4n) is 4.39. The summed E-state index contributed by atoms with van der Waals surface area (Å²) in [7, 11) is -3.20. The highest BCUT2D eigenvalue weighted by Crippen LogP contribution is 2.33. The summed E-state index contributed by atoms with van der Waals surface area (Å²) < 4.78 is 25.5. The normalized spacial score (nSPS) is 14.7. The van der Waals surface area contributed by atoms with Crippen molar-refractivity contribution in [3.63, 3.8) is 0 Å². The van der Waals surface area contributed by atoms with Gasteiger partial charge in [-0.25, -0.2) is 8.42 Å². The molecule has 1 aliphatic heterocycles. The topological polar surface area (TPSA) is 75.4 Å². The number of rotatable bonds is 5. The molecule has 1 aliphatic rings. The number of hydrogen-bond acceptors (Lipinski definition) is 4. The van der Waals surface area contributed by atoms with E-state index in [-0.39, 0.29) is 5.41 Å². The molecule has 3 aromatic rings. The number of nitrogens with one attached hydrogen (secondary N) is 1. The van der Waals surface area contributed by atoms with Crippen molar-refractivity contribution in [1.82, 2.24) is 4.31 Å². The minimum Gasteiger partial charge on any atom is -0.355 e. The lowest BCUT2D eigenvalue weighted by atomic mass is 9.86. The molecule has 0 saturated heterocycles. The van der Waals surface area contributed by atoms with Crippen LogP contribution in [0.3, 0.4) is 0 Å². The molecule has 0 spiro atoms. The van der Waals surface area contributed by atoms with Gasteiger partial charge in [0.2, 0.25) is 10.0 Å². The van der Waals surface area contributed by atoms with Gasteiger partial charge in [-0.2, -0.15) is 4.31 Å². The number of hydrogen-bond donors (Lipinski definition) is 2. The molecular weight excluding hydrogens is 430 g/mol. The van der Waals surface area contributed by atoms with Crippen LogP contribution in [0.5, 0.6) is 0 Å². The molecule has 6 heteroatoms. The lowest BCUT2D eigenvalue weighted by Crippen LogP contribution is -2.35. The lowest BCUT2D eigenvalue weighted by molar-refractivity contribution is 0.395. The average Bonchev–Trinajstić information content (AvgIpc) is 2.78. The highest BCUT2D eigenvalue weighted by molar-refractivity contribution is 7.88. The van der Waals surface area contributed by atoms with E-state index in [1.807, 2.05) is 12.1 Å². The van der Waals surface area contributed by atoms with Crippen molar-refractivity contribution in [3.8, 4) is 11.1 Å². The second kappa shape index (κ2) is 8.93. The first-order valence-corrected chi connectivity index (χ1v) is 13.2. The fourth-order valence-corrected chi connectivity index (χ4v) is 5.19. The number of anilines is 2. The van der Waals surface area contributed by atoms with E-state index < -0.39 is 10.0 Å². The van der Waals surface area contributed by atoms with E-state index in [0.29, 0.717) is 26.1 Å². The van der Waals surface area contributed by atoms with Crippen molar-refractivity contribution >= 4 is 21.4 Å². The molecule has 1 heterocycles. The summed E-state index contributed by atoms with van der Waals surface area (Å²) in [5.41, 5.74) is 15.1. The largest absolute Gasteiger partial charge is 0.355 e. The Morgan fingerprint density at radius 3 is 2.39 bits per heavy atom. The Labute approximate surface area is 197 Å². The zero-order chi connectivity index (χ0) is 23.8. The molecule has 3 aromatic carbocycles. The predicted octanol–water partition coefficient (Wildman–Crippen LogP) is 5.17. The van der Waals surface area contributed by atoms with E-state index in [0.717, 1.165) is 33.6 Å². The zero-order valence-electron chi connectivity index (χ0n) is 19.9. The number of sulfonamides is 1. The van der Waals surface area contributed by atoms with E-state index in [9.17, 15) is 8.42 Å². The van der Waals surface area contributed by atoms with Crippen LogP contribution in [0.15, 0.2) is 60.7 Å². The van der Waals surface area contributed by atoms with Crippen molar-refractivity contribution in [1.29, 1.82) is 0 Å². The monoisotopic (exact) mass is 463 g/mol. The van der Waals surface area contributed by atoms with Gasteiger partial charge in [-0.15, -0.1) is 0 Å². The van der Waals surface area contributed by atoms with Gasteiger partial charge in [0.1, 0.15) is 0 Å². The first-order chi connectivity index (χ1) is 15.6. The van der Waals surface area contributed by atoms with Crippen molar-refractivity contribution in [2.45, 2.75) is 45.7 Å². The quantitative estimate of drug-likeness (QED) is 0.547. The van der Waals surface area contributed by atoms with Crippen LogP contribution >= 0.6 is 0 Å². The van der Waals surface area contributed by atoms with E-state index in [4.69, 9.17) is 5.73 Å². The maximum absolute atomic E-state index is 12.0. The maximum Gasteiger partial charge on any atom is 0.211 e. The Kier molecular flexibility index (Phi) is 6.36. The molecule has 0 amide bonds. The molecule has 0 unspecified atom stereocenters. The third kappa shape index (κ3) is 5.13. The molecule has 0 saturated carbocycles.